The van der Waals surface area contributed by atoms with Crippen LogP contribution in [-0.2, 0) is 9.53 Å². The number of rotatable bonds is 3. The number of carbonyl (C=O) groups is 1. The minimum Gasteiger partial charge on any atom is -0.463 e. The highest BCUT2D eigenvalue weighted by atomic mass is 16.5. The zero-order valence-electron chi connectivity index (χ0n) is 9.16. The van der Waals surface area contributed by atoms with Crippen molar-refractivity contribution in [2.24, 2.45) is 5.92 Å². The van der Waals surface area contributed by atoms with Gasteiger partial charge in [-0.05, 0) is 44.9 Å². The molecule has 0 atom stereocenters. The Morgan fingerprint density at radius 2 is 2.00 bits per heavy atom. The number of hydrogen-bond donors (Lipinski definition) is 0. The molecule has 0 unspecified atom stereocenters. The van der Waals surface area contributed by atoms with Gasteiger partial charge >= 0.3 is 5.97 Å². The highest BCUT2D eigenvalue weighted by molar-refractivity contribution is 5.66. The smallest absolute Gasteiger partial charge is 0.302 e. The fraction of sp³-hybridized carbons (Fsp3) is 0.750. The third kappa shape index (κ3) is 3.95. The molecule has 0 aromatic rings. The average Bonchev–Trinajstić information content (AvgIpc) is 2.16. The van der Waals surface area contributed by atoms with E-state index in [1.54, 1.807) is 0 Å². The van der Waals surface area contributed by atoms with Gasteiger partial charge in [-0.2, -0.15) is 0 Å². The highest BCUT2D eigenvalue weighted by Crippen LogP contribution is 2.28. The molecule has 0 N–H and O–H groups in total. The van der Waals surface area contributed by atoms with Gasteiger partial charge in [0.25, 0.3) is 0 Å². The standard InChI is InChI=1S/C12H20O2/c1-3-4-5-11-6-8-12(9-7-11)14-10(2)13/h3-4,11-12H,5-9H2,1-2H3/b4-3+. The number of carbonyl (C=O) groups excluding carboxylic acids is 1. The van der Waals surface area contributed by atoms with Crippen LogP contribution in [0, 0.1) is 5.92 Å². The molecule has 0 aliphatic heterocycles. The Balaban J connectivity index is 2.20. The molecule has 0 heterocycles. The SMILES string of the molecule is C/C=C/CC1CCC(OC(C)=O)CC1. The Bertz CT molecular complexity index is 200. The van der Waals surface area contributed by atoms with Gasteiger partial charge in [0.2, 0.25) is 0 Å². The van der Waals surface area contributed by atoms with Gasteiger partial charge in [-0.1, -0.05) is 12.2 Å². The lowest BCUT2D eigenvalue weighted by Gasteiger charge is -2.27. The number of hydrogen-bond acceptors (Lipinski definition) is 2. The predicted molar refractivity (Wildman–Crippen MR) is 56.9 cm³/mol. The van der Waals surface area contributed by atoms with Gasteiger partial charge in [0.05, 0.1) is 0 Å². The molecule has 0 spiro atoms. The van der Waals surface area contributed by atoms with Crippen LogP contribution in [0.1, 0.15) is 46.0 Å². The van der Waals surface area contributed by atoms with Crippen LogP contribution in [0.2, 0.25) is 0 Å². The number of ether oxygens (including phenoxy) is 1. The average molecular weight is 196 g/mol. The molecule has 0 aromatic carbocycles. The Hall–Kier alpha value is -0.790. The molecule has 1 rings (SSSR count). The molecule has 0 radical (unpaired) electrons. The molecule has 0 amide bonds. The normalized spacial score (nSPS) is 27.9. The molecule has 2 nitrogen and oxygen atoms in total. The number of allylic oxidation sites excluding steroid dienone is 2. The molecule has 1 aliphatic carbocycles. The fourth-order valence-corrected chi connectivity index (χ4v) is 2.05. The molecular weight excluding hydrogens is 176 g/mol. The summed E-state index contributed by atoms with van der Waals surface area (Å²) in [4.78, 5) is 10.7. The van der Waals surface area contributed by atoms with E-state index in [1.165, 1.54) is 26.2 Å². The second-order valence-corrected chi connectivity index (χ2v) is 4.06. The lowest BCUT2D eigenvalue weighted by molar-refractivity contribution is -0.148. The van der Waals surface area contributed by atoms with Crippen LogP contribution >= 0.6 is 0 Å². The monoisotopic (exact) mass is 196 g/mol. The van der Waals surface area contributed by atoms with Gasteiger partial charge in [-0.3, -0.25) is 4.79 Å². The lowest BCUT2D eigenvalue weighted by Crippen LogP contribution is -2.23. The van der Waals surface area contributed by atoms with Crippen LogP contribution in [0.4, 0.5) is 0 Å². The van der Waals surface area contributed by atoms with E-state index in [9.17, 15) is 4.79 Å². The molecule has 0 saturated heterocycles. The first-order valence-corrected chi connectivity index (χ1v) is 5.50. The Labute approximate surface area is 86.3 Å². The third-order valence-corrected chi connectivity index (χ3v) is 2.83. The van der Waals surface area contributed by atoms with Crippen LogP contribution in [-0.4, -0.2) is 12.1 Å². The summed E-state index contributed by atoms with van der Waals surface area (Å²) in [5.41, 5.74) is 0. The molecule has 1 fully saturated rings. The maximum Gasteiger partial charge on any atom is 0.302 e. The minimum absolute atomic E-state index is 0.137. The quantitative estimate of drug-likeness (QED) is 0.512. The van der Waals surface area contributed by atoms with E-state index in [2.05, 4.69) is 19.1 Å². The first kappa shape index (κ1) is 11.3. The third-order valence-electron chi connectivity index (χ3n) is 2.83. The summed E-state index contributed by atoms with van der Waals surface area (Å²) >= 11 is 0. The van der Waals surface area contributed by atoms with Crippen LogP contribution in [0.15, 0.2) is 12.2 Å². The van der Waals surface area contributed by atoms with E-state index in [0.717, 1.165) is 18.8 Å². The summed E-state index contributed by atoms with van der Waals surface area (Å²) < 4.78 is 5.19. The van der Waals surface area contributed by atoms with Crippen molar-refractivity contribution in [3.8, 4) is 0 Å². The minimum atomic E-state index is -0.137. The van der Waals surface area contributed by atoms with Crippen LogP contribution in [0.25, 0.3) is 0 Å². The fourth-order valence-electron chi connectivity index (χ4n) is 2.05. The Morgan fingerprint density at radius 3 is 2.50 bits per heavy atom. The van der Waals surface area contributed by atoms with Gasteiger partial charge in [-0.25, -0.2) is 0 Å². The Morgan fingerprint density at radius 1 is 1.36 bits per heavy atom. The van der Waals surface area contributed by atoms with E-state index in [1.807, 2.05) is 0 Å². The summed E-state index contributed by atoms with van der Waals surface area (Å²) in [7, 11) is 0. The molecule has 14 heavy (non-hydrogen) atoms. The summed E-state index contributed by atoms with van der Waals surface area (Å²) in [6.07, 6.45) is 10.2. The second-order valence-electron chi connectivity index (χ2n) is 4.06. The van der Waals surface area contributed by atoms with Crippen molar-refractivity contribution in [3.63, 3.8) is 0 Å². The van der Waals surface area contributed by atoms with Crippen LogP contribution in [0.3, 0.4) is 0 Å². The zero-order chi connectivity index (χ0) is 10.4. The maximum atomic E-state index is 10.7. The maximum absolute atomic E-state index is 10.7. The lowest BCUT2D eigenvalue weighted by atomic mass is 9.85. The van der Waals surface area contributed by atoms with E-state index < -0.39 is 0 Å². The van der Waals surface area contributed by atoms with Crippen LogP contribution < -0.4 is 0 Å². The van der Waals surface area contributed by atoms with Crippen molar-refractivity contribution in [2.75, 3.05) is 0 Å². The first-order valence-electron chi connectivity index (χ1n) is 5.50. The van der Waals surface area contributed by atoms with Crippen molar-refractivity contribution in [2.45, 2.75) is 52.1 Å². The second kappa shape index (κ2) is 5.84. The summed E-state index contributed by atoms with van der Waals surface area (Å²) in [5.74, 6) is 0.667. The molecular formula is C12H20O2. The summed E-state index contributed by atoms with van der Waals surface area (Å²) in [5, 5.41) is 0. The van der Waals surface area contributed by atoms with E-state index in [4.69, 9.17) is 4.74 Å². The van der Waals surface area contributed by atoms with Gasteiger partial charge in [-0.15, -0.1) is 0 Å². The predicted octanol–water partition coefficient (Wildman–Crippen LogP) is 3.07. The van der Waals surface area contributed by atoms with Crippen molar-refractivity contribution < 1.29 is 9.53 Å². The summed E-state index contributed by atoms with van der Waals surface area (Å²) in [6, 6.07) is 0. The topological polar surface area (TPSA) is 26.3 Å². The van der Waals surface area contributed by atoms with Crippen molar-refractivity contribution >= 4 is 5.97 Å². The molecule has 80 valence electrons. The zero-order valence-corrected chi connectivity index (χ0v) is 9.16. The number of esters is 1. The van der Waals surface area contributed by atoms with Crippen molar-refractivity contribution in [3.05, 3.63) is 12.2 Å². The van der Waals surface area contributed by atoms with Gasteiger partial charge in [0, 0.05) is 6.92 Å². The molecule has 2 heteroatoms. The van der Waals surface area contributed by atoms with Crippen LogP contribution in [0.5, 0.6) is 0 Å². The Kier molecular flexibility index (Phi) is 4.71. The molecule has 1 saturated carbocycles. The van der Waals surface area contributed by atoms with E-state index in [0.29, 0.717) is 0 Å². The van der Waals surface area contributed by atoms with E-state index >= 15 is 0 Å². The molecule has 1 aliphatic rings. The molecule has 0 aromatic heterocycles. The molecule has 0 bridgehead atoms. The van der Waals surface area contributed by atoms with Gasteiger partial charge < -0.3 is 4.74 Å². The largest absolute Gasteiger partial charge is 0.463 e. The van der Waals surface area contributed by atoms with Crippen molar-refractivity contribution in [1.82, 2.24) is 0 Å². The van der Waals surface area contributed by atoms with E-state index in [-0.39, 0.29) is 12.1 Å². The first-order chi connectivity index (χ1) is 6.72. The highest BCUT2D eigenvalue weighted by Gasteiger charge is 2.21. The van der Waals surface area contributed by atoms with Crippen molar-refractivity contribution in [1.29, 1.82) is 0 Å². The van der Waals surface area contributed by atoms with Gasteiger partial charge in [0.1, 0.15) is 6.10 Å². The van der Waals surface area contributed by atoms with Gasteiger partial charge in [0.15, 0.2) is 0 Å². The summed E-state index contributed by atoms with van der Waals surface area (Å²) in [6.45, 7) is 3.55.